The molecule has 0 radical (unpaired) electrons. The molecule has 0 N–H and O–H groups in total. The first kappa shape index (κ1) is 15.7. The molecular formula is C14H18N4O2S. The van der Waals surface area contributed by atoms with E-state index >= 15 is 0 Å². The molecule has 0 aliphatic heterocycles. The number of rotatable bonds is 8. The van der Waals surface area contributed by atoms with E-state index in [0.717, 1.165) is 10.9 Å². The van der Waals surface area contributed by atoms with Crippen molar-refractivity contribution >= 4 is 17.8 Å². The zero-order chi connectivity index (χ0) is 14.9. The molecule has 0 unspecified atom stereocenters. The minimum Gasteiger partial charge on any atom is -0.354 e. The van der Waals surface area contributed by atoms with E-state index in [0.29, 0.717) is 6.54 Å². The van der Waals surface area contributed by atoms with Crippen molar-refractivity contribution in [1.29, 1.82) is 0 Å². The smallest absolute Gasteiger partial charge is 0.209 e. The highest BCUT2D eigenvalue weighted by molar-refractivity contribution is 7.99. The van der Waals surface area contributed by atoms with Crippen LogP contribution < -0.4 is 0 Å². The summed E-state index contributed by atoms with van der Waals surface area (Å²) in [5.74, 6) is 0.792. The van der Waals surface area contributed by atoms with E-state index in [9.17, 15) is 0 Å². The number of hydrogen-bond acceptors (Lipinski definition) is 6. The Labute approximate surface area is 128 Å². The summed E-state index contributed by atoms with van der Waals surface area (Å²) in [7, 11) is 3.18. The van der Waals surface area contributed by atoms with E-state index in [1.165, 1.54) is 5.56 Å². The molecule has 0 bridgehead atoms. The highest BCUT2D eigenvalue weighted by Gasteiger charge is 2.12. The summed E-state index contributed by atoms with van der Waals surface area (Å²) in [4.78, 5) is 0. The molecule has 1 aromatic carbocycles. The van der Waals surface area contributed by atoms with Crippen LogP contribution in [-0.2, 0) is 16.0 Å². The fourth-order valence-electron chi connectivity index (χ4n) is 1.67. The fourth-order valence-corrected chi connectivity index (χ4v) is 2.37. The average Bonchev–Trinajstić information content (AvgIpc) is 2.97. The summed E-state index contributed by atoms with van der Waals surface area (Å²) in [5.41, 5.74) is 1.18. The Hall–Kier alpha value is -1.70. The molecule has 6 nitrogen and oxygen atoms in total. The molecule has 0 saturated carbocycles. The van der Waals surface area contributed by atoms with Gasteiger partial charge in [-0.25, -0.2) is 4.68 Å². The second-order valence-electron chi connectivity index (χ2n) is 4.17. The second kappa shape index (κ2) is 8.56. The number of nitrogens with zero attached hydrogens (tertiary/aromatic N) is 4. The van der Waals surface area contributed by atoms with Gasteiger partial charge in [0.05, 0.1) is 6.54 Å². The van der Waals surface area contributed by atoms with Crippen molar-refractivity contribution < 1.29 is 9.47 Å². The maximum Gasteiger partial charge on any atom is 0.209 e. The Morgan fingerprint density at radius 2 is 2.00 bits per heavy atom. The van der Waals surface area contributed by atoms with Crippen LogP contribution in [0.1, 0.15) is 5.56 Å². The predicted molar refractivity (Wildman–Crippen MR) is 81.8 cm³/mol. The van der Waals surface area contributed by atoms with Crippen molar-refractivity contribution in [2.75, 3.05) is 20.0 Å². The Bertz CT molecular complexity index is 555. The summed E-state index contributed by atoms with van der Waals surface area (Å²) in [5, 5.41) is 12.4. The first-order valence-electron chi connectivity index (χ1n) is 6.49. The van der Waals surface area contributed by atoms with Crippen LogP contribution in [0.4, 0.5) is 0 Å². The van der Waals surface area contributed by atoms with Crippen molar-refractivity contribution in [2.24, 2.45) is 0 Å². The van der Waals surface area contributed by atoms with Gasteiger partial charge in [-0.05, 0) is 16.0 Å². The van der Waals surface area contributed by atoms with Crippen LogP contribution in [0.5, 0.6) is 0 Å². The van der Waals surface area contributed by atoms with Gasteiger partial charge in [-0.15, -0.1) is 5.10 Å². The number of thioether (sulfide) groups is 1. The predicted octanol–water partition coefficient (Wildman–Crippen LogP) is 2.10. The van der Waals surface area contributed by atoms with Crippen LogP contribution in [0.3, 0.4) is 0 Å². The number of tetrazole rings is 1. The van der Waals surface area contributed by atoms with Crippen LogP contribution in [-0.4, -0.2) is 46.5 Å². The first-order chi connectivity index (χ1) is 10.3. The van der Waals surface area contributed by atoms with Gasteiger partial charge in [0.15, 0.2) is 6.29 Å². The topological polar surface area (TPSA) is 62.1 Å². The van der Waals surface area contributed by atoms with Crippen LogP contribution >= 0.6 is 11.8 Å². The molecule has 0 aliphatic rings. The Morgan fingerprint density at radius 1 is 1.24 bits per heavy atom. The minimum absolute atomic E-state index is 0.354. The Kier molecular flexibility index (Phi) is 6.39. The minimum atomic E-state index is -0.354. The molecule has 21 heavy (non-hydrogen) atoms. The molecule has 1 heterocycles. The van der Waals surface area contributed by atoms with Gasteiger partial charge in [-0.2, -0.15) is 0 Å². The summed E-state index contributed by atoms with van der Waals surface area (Å²) < 4.78 is 12.0. The molecule has 112 valence electrons. The lowest BCUT2D eigenvalue weighted by Gasteiger charge is -2.13. The van der Waals surface area contributed by atoms with E-state index in [1.807, 2.05) is 18.2 Å². The Morgan fingerprint density at radius 3 is 2.71 bits per heavy atom. The molecule has 0 fully saturated rings. The van der Waals surface area contributed by atoms with Crippen LogP contribution in [0, 0.1) is 0 Å². The van der Waals surface area contributed by atoms with Gasteiger partial charge in [-0.3, -0.25) is 0 Å². The fraction of sp³-hybridized carbons (Fsp3) is 0.357. The number of hydrogen-bond donors (Lipinski definition) is 0. The maximum absolute atomic E-state index is 5.15. The lowest BCUT2D eigenvalue weighted by Crippen LogP contribution is -2.21. The Balaban J connectivity index is 1.86. The van der Waals surface area contributed by atoms with Crippen LogP contribution in [0.2, 0.25) is 0 Å². The van der Waals surface area contributed by atoms with Crippen molar-refractivity contribution in [2.45, 2.75) is 18.0 Å². The number of ether oxygens (including phenoxy) is 2. The molecule has 2 rings (SSSR count). The van der Waals surface area contributed by atoms with Gasteiger partial charge in [0.25, 0.3) is 0 Å². The third kappa shape index (κ3) is 4.96. The lowest BCUT2D eigenvalue weighted by molar-refractivity contribution is -0.113. The number of aromatic nitrogens is 4. The zero-order valence-corrected chi connectivity index (χ0v) is 12.9. The molecule has 0 amide bonds. The molecule has 0 aliphatic carbocycles. The van der Waals surface area contributed by atoms with E-state index in [1.54, 1.807) is 30.7 Å². The molecule has 7 heteroatoms. The van der Waals surface area contributed by atoms with Gasteiger partial charge in [0.2, 0.25) is 5.16 Å². The molecule has 0 atom stereocenters. The largest absolute Gasteiger partial charge is 0.354 e. The van der Waals surface area contributed by atoms with E-state index in [-0.39, 0.29) is 6.29 Å². The summed E-state index contributed by atoms with van der Waals surface area (Å²) in [6, 6.07) is 10.2. The summed E-state index contributed by atoms with van der Waals surface area (Å²) >= 11 is 1.56. The van der Waals surface area contributed by atoms with E-state index in [4.69, 9.17) is 9.47 Å². The quantitative estimate of drug-likeness (QED) is 0.550. The monoisotopic (exact) mass is 306 g/mol. The standard InChI is InChI=1S/C14H18N4O2S/c1-19-13(20-2)11-18-14(15-16-17-18)21-10-6-9-12-7-4-3-5-8-12/h3-9,13H,10-11H2,1-2H3. The second-order valence-corrected chi connectivity index (χ2v) is 5.16. The molecule has 0 spiro atoms. The average molecular weight is 306 g/mol. The van der Waals surface area contributed by atoms with Gasteiger partial charge in [-0.1, -0.05) is 54.2 Å². The summed E-state index contributed by atoms with van der Waals surface area (Å²) in [6.07, 6.45) is 3.81. The van der Waals surface area contributed by atoms with Crippen LogP contribution in [0.25, 0.3) is 6.08 Å². The first-order valence-corrected chi connectivity index (χ1v) is 7.48. The summed E-state index contributed by atoms with van der Waals surface area (Å²) in [6.45, 7) is 0.463. The third-order valence-electron chi connectivity index (χ3n) is 2.77. The molecular weight excluding hydrogens is 288 g/mol. The zero-order valence-electron chi connectivity index (χ0n) is 12.0. The molecule has 1 aromatic heterocycles. The van der Waals surface area contributed by atoms with Gasteiger partial charge >= 0.3 is 0 Å². The highest BCUT2D eigenvalue weighted by atomic mass is 32.2. The van der Waals surface area contributed by atoms with Crippen molar-refractivity contribution in [3.8, 4) is 0 Å². The SMILES string of the molecule is COC(Cn1nnnc1SCC=Cc1ccccc1)OC. The van der Waals surface area contributed by atoms with Crippen molar-refractivity contribution in [3.05, 3.63) is 42.0 Å². The lowest BCUT2D eigenvalue weighted by atomic mass is 10.2. The van der Waals surface area contributed by atoms with Gasteiger partial charge < -0.3 is 9.47 Å². The number of methoxy groups -OCH3 is 2. The van der Waals surface area contributed by atoms with Gasteiger partial charge in [0.1, 0.15) is 0 Å². The maximum atomic E-state index is 5.15. The number of benzene rings is 1. The van der Waals surface area contributed by atoms with Crippen molar-refractivity contribution in [3.63, 3.8) is 0 Å². The molecule has 0 saturated heterocycles. The van der Waals surface area contributed by atoms with E-state index in [2.05, 4.69) is 39.8 Å². The van der Waals surface area contributed by atoms with Gasteiger partial charge in [0, 0.05) is 20.0 Å². The molecule has 2 aromatic rings. The highest BCUT2D eigenvalue weighted by Crippen LogP contribution is 2.15. The van der Waals surface area contributed by atoms with Crippen molar-refractivity contribution in [1.82, 2.24) is 20.2 Å². The van der Waals surface area contributed by atoms with Crippen LogP contribution in [0.15, 0.2) is 41.6 Å². The normalized spacial score (nSPS) is 11.6. The van der Waals surface area contributed by atoms with E-state index < -0.39 is 0 Å². The third-order valence-corrected chi connectivity index (χ3v) is 3.68.